The van der Waals surface area contributed by atoms with E-state index < -0.39 is 0 Å². The van der Waals surface area contributed by atoms with Crippen LogP contribution in [0.2, 0.25) is 0 Å². The Morgan fingerprint density at radius 1 is 0.781 bits per heavy atom. The maximum Gasteiger partial charge on any atom is 0.338 e. The van der Waals surface area contributed by atoms with Crippen molar-refractivity contribution in [3.63, 3.8) is 0 Å². The minimum absolute atomic E-state index is 0.0918. The van der Waals surface area contributed by atoms with Crippen molar-refractivity contribution < 1.29 is 14.3 Å². The van der Waals surface area contributed by atoms with Gasteiger partial charge < -0.3 is 9.47 Å². The van der Waals surface area contributed by atoms with Crippen molar-refractivity contribution >= 4 is 5.97 Å². The molecule has 0 bridgehead atoms. The molecule has 180 valence electrons. The molecule has 0 spiro atoms. The molecule has 32 heavy (non-hydrogen) atoms. The molecule has 0 aliphatic heterocycles. The molecule has 0 N–H and O–H groups in total. The summed E-state index contributed by atoms with van der Waals surface area (Å²) in [6.45, 7) is 5.22. The molecule has 0 radical (unpaired) electrons. The summed E-state index contributed by atoms with van der Waals surface area (Å²) in [5.74, 6) is 3.41. The van der Waals surface area contributed by atoms with Gasteiger partial charge in [-0.3, -0.25) is 0 Å². The first-order valence-electron chi connectivity index (χ1n) is 13.6. The Morgan fingerprint density at radius 2 is 1.38 bits per heavy atom. The van der Waals surface area contributed by atoms with E-state index in [0.29, 0.717) is 5.56 Å². The zero-order valence-corrected chi connectivity index (χ0v) is 20.7. The van der Waals surface area contributed by atoms with E-state index in [1.54, 1.807) is 0 Å². The first kappa shape index (κ1) is 25.1. The molecule has 2 saturated carbocycles. The van der Waals surface area contributed by atoms with Gasteiger partial charge in [0, 0.05) is 0 Å². The molecule has 0 atom stereocenters. The molecule has 0 amide bonds. The summed E-state index contributed by atoms with van der Waals surface area (Å²) < 4.78 is 11.6. The van der Waals surface area contributed by atoms with Crippen LogP contribution in [0.25, 0.3) is 0 Å². The molecule has 2 aliphatic carbocycles. The van der Waals surface area contributed by atoms with Crippen molar-refractivity contribution in [3.8, 4) is 5.75 Å². The predicted octanol–water partition coefficient (Wildman–Crippen LogP) is 8.36. The first-order chi connectivity index (χ1) is 15.7. The lowest BCUT2D eigenvalue weighted by atomic mass is 9.70. The summed E-state index contributed by atoms with van der Waals surface area (Å²) in [4.78, 5) is 12.6. The van der Waals surface area contributed by atoms with E-state index in [0.717, 1.165) is 49.4 Å². The van der Waals surface area contributed by atoms with E-state index in [9.17, 15) is 4.79 Å². The van der Waals surface area contributed by atoms with Crippen LogP contribution >= 0.6 is 0 Å². The zero-order chi connectivity index (χ0) is 22.6. The highest BCUT2D eigenvalue weighted by Gasteiger charge is 2.32. The number of hydrogen-bond acceptors (Lipinski definition) is 3. The van der Waals surface area contributed by atoms with Gasteiger partial charge in [0.15, 0.2) is 0 Å². The Labute approximate surface area is 196 Å². The summed E-state index contributed by atoms with van der Waals surface area (Å²) in [6, 6.07) is 7.44. The highest BCUT2D eigenvalue weighted by atomic mass is 16.5. The molecule has 3 nitrogen and oxygen atoms in total. The Kier molecular flexibility index (Phi) is 10.9. The van der Waals surface area contributed by atoms with Crippen molar-refractivity contribution in [1.82, 2.24) is 0 Å². The monoisotopic (exact) mass is 442 g/mol. The number of esters is 1. The van der Waals surface area contributed by atoms with E-state index in [4.69, 9.17) is 9.47 Å². The van der Waals surface area contributed by atoms with Gasteiger partial charge in [-0.2, -0.15) is 0 Å². The molecule has 1 aromatic rings. The summed E-state index contributed by atoms with van der Waals surface area (Å²) in [6.07, 6.45) is 19.4. The van der Waals surface area contributed by atoms with Crippen molar-refractivity contribution in [2.45, 2.75) is 116 Å². The van der Waals surface area contributed by atoms with Gasteiger partial charge in [0.05, 0.1) is 12.2 Å². The number of hydrogen-bond donors (Lipinski definition) is 0. The summed E-state index contributed by atoms with van der Waals surface area (Å²) >= 11 is 0. The fourth-order valence-electron chi connectivity index (χ4n) is 5.76. The van der Waals surface area contributed by atoms with Crippen LogP contribution in [-0.2, 0) is 4.74 Å². The average molecular weight is 443 g/mol. The SMILES string of the molecule is CCCCCOc1ccc(C(=O)OC2CCC(C3CCC(CCCCC)CC3)CC2)cc1. The van der Waals surface area contributed by atoms with E-state index in [2.05, 4.69) is 13.8 Å². The highest BCUT2D eigenvalue weighted by molar-refractivity contribution is 5.89. The van der Waals surface area contributed by atoms with E-state index in [1.165, 1.54) is 77.0 Å². The summed E-state index contributed by atoms with van der Waals surface area (Å²) in [7, 11) is 0. The fraction of sp³-hybridized carbons (Fsp3) is 0.759. The largest absolute Gasteiger partial charge is 0.494 e. The zero-order valence-electron chi connectivity index (χ0n) is 20.7. The molecule has 0 unspecified atom stereocenters. The third-order valence-corrected chi connectivity index (χ3v) is 7.87. The van der Waals surface area contributed by atoms with Crippen molar-refractivity contribution in [2.24, 2.45) is 17.8 Å². The van der Waals surface area contributed by atoms with Crippen LogP contribution in [0.4, 0.5) is 0 Å². The molecule has 0 saturated heterocycles. The molecule has 0 aromatic heterocycles. The van der Waals surface area contributed by atoms with Crippen LogP contribution < -0.4 is 4.74 Å². The third kappa shape index (κ3) is 8.12. The Balaban J connectivity index is 1.34. The maximum absolute atomic E-state index is 12.6. The minimum atomic E-state index is -0.182. The second kappa shape index (κ2) is 13.9. The topological polar surface area (TPSA) is 35.5 Å². The molecular weight excluding hydrogens is 396 g/mol. The van der Waals surface area contributed by atoms with Crippen LogP contribution in [0.1, 0.15) is 121 Å². The summed E-state index contributed by atoms with van der Waals surface area (Å²) in [5, 5.41) is 0. The number of rotatable bonds is 12. The van der Waals surface area contributed by atoms with Gasteiger partial charge in [0.25, 0.3) is 0 Å². The lowest BCUT2D eigenvalue weighted by Crippen LogP contribution is -2.29. The Bertz CT molecular complexity index is 637. The number of ether oxygens (including phenoxy) is 2. The summed E-state index contributed by atoms with van der Waals surface area (Å²) in [5.41, 5.74) is 0.634. The molecule has 2 aliphatic rings. The molecule has 0 heterocycles. The standard InChI is InChI=1S/C29H46O3/c1-3-5-7-9-23-10-12-24(13-11-23)25-14-20-28(21-15-25)32-29(30)26-16-18-27(19-17-26)31-22-8-6-4-2/h16-19,23-25,28H,3-15,20-22H2,1-2H3. The second-order valence-electron chi connectivity index (χ2n) is 10.3. The van der Waals surface area contributed by atoms with Crippen LogP contribution in [0.3, 0.4) is 0 Å². The van der Waals surface area contributed by atoms with Gasteiger partial charge >= 0.3 is 5.97 Å². The van der Waals surface area contributed by atoms with Gasteiger partial charge in [0.2, 0.25) is 0 Å². The van der Waals surface area contributed by atoms with Gasteiger partial charge in [0.1, 0.15) is 11.9 Å². The maximum atomic E-state index is 12.6. The van der Waals surface area contributed by atoms with Crippen molar-refractivity contribution in [2.75, 3.05) is 6.61 Å². The van der Waals surface area contributed by atoms with Gasteiger partial charge in [-0.15, -0.1) is 0 Å². The number of unbranched alkanes of at least 4 members (excludes halogenated alkanes) is 4. The normalized spacial score (nSPS) is 25.9. The van der Waals surface area contributed by atoms with Crippen LogP contribution in [0.15, 0.2) is 24.3 Å². The lowest BCUT2D eigenvalue weighted by molar-refractivity contribution is 0.0109. The minimum Gasteiger partial charge on any atom is -0.494 e. The quantitative estimate of drug-likeness (QED) is 0.241. The van der Waals surface area contributed by atoms with Crippen LogP contribution in [0, 0.1) is 17.8 Å². The smallest absolute Gasteiger partial charge is 0.338 e. The van der Waals surface area contributed by atoms with Gasteiger partial charge in [-0.1, -0.05) is 65.2 Å². The van der Waals surface area contributed by atoms with E-state index in [1.807, 2.05) is 24.3 Å². The van der Waals surface area contributed by atoms with Crippen LogP contribution in [-0.4, -0.2) is 18.7 Å². The van der Waals surface area contributed by atoms with Gasteiger partial charge in [-0.05, 0) is 87.0 Å². The molecule has 3 rings (SSSR count). The van der Waals surface area contributed by atoms with Crippen molar-refractivity contribution in [1.29, 1.82) is 0 Å². The third-order valence-electron chi connectivity index (χ3n) is 7.87. The number of carbonyl (C=O) groups excluding carboxylic acids is 1. The highest BCUT2D eigenvalue weighted by Crippen LogP contribution is 2.41. The molecule has 3 heteroatoms. The van der Waals surface area contributed by atoms with E-state index >= 15 is 0 Å². The van der Waals surface area contributed by atoms with Gasteiger partial charge in [-0.25, -0.2) is 4.79 Å². The number of carbonyl (C=O) groups is 1. The first-order valence-corrected chi connectivity index (χ1v) is 13.6. The van der Waals surface area contributed by atoms with Crippen molar-refractivity contribution in [3.05, 3.63) is 29.8 Å². The fourth-order valence-corrected chi connectivity index (χ4v) is 5.76. The molecular formula is C29H46O3. The predicted molar refractivity (Wildman–Crippen MR) is 132 cm³/mol. The van der Waals surface area contributed by atoms with Crippen LogP contribution in [0.5, 0.6) is 5.75 Å². The lowest BCUT2D eigenvalue weighted by Gasteiger charge is -2.37. The average Bonchev–Trinajstić information content (AvgIpc) is 2.83. The second-order valence-corrected chi connectivity index (χ2v) is 10.3. The molecule has 2 fully saturated rings. The number of benzene rings is 1. The van der Waals surface area contributed by atoms with E-state index in [-0.39, 0.29) is 12.1 Å². The Morgan fingerprint density at radius 3 is 2.00 bits per heavy atom. The molecule has 1 aromatic carbocycles. The Hall–Kier alpha value is -1.51.